The molecular formula is C17H14ClN3O2. The summed E-state index contributed by atoms with van der Waals surface area (Å²) in [4.78, 5) is 12.1. The molecule has 0 radical (unpaired) electrons. The number of hydrogen-bond donors (Lipinski definition) is 1. The van der Waals surface area contributed by atoms with Crippen molar-refractivity contribution in [2.24, 2.45) is 0 Å². The maximum Gasteiger partial charge on any atom is 0.230 e. The summed E-state index contributed by atoms with van der Waals surface area (Å²) >= 11 is 5.83. The minimum absolute atomic E-state index is 0.198. The van der Waals surface area contributed by atoms with Crippen molar-refractivity contribution >= 4 is 23.3 Å². The van der Waals surface area contributed by atoms with Gasteiger partial charge in [-0.3, -0.25) is 4.79 Å². The zero-order chi connectivity index (χ0) is 16.2. The fraction of sp³-hybridized carbons (Fsp3) is 0.118. The average Bonchev–Trinajstić information content (AvgIpc) is 2.98. The van der Waals surface area contributed by atoms with Crippen LogP contribution in [0.4, 0.5) is 5.82 Å². The van der Waals surface area contributed by atoms with Crippen LogP contribution >= 0.6 is 11.6 Å². The van der Waals surface area contributed by atoms with E-state index < -0.39 is 0 Å². The molecule has 3 aromatic rings. The number of halogens is 1. The number of rotatable bonds is 4. The fourth-order valence-corrected chi connectivity index (χ4v) is 2.26. The van der Waals surface area contributed by atoms with Gasteiger partial charge in [0.25, 0.3) is 0 Å². The third kappa shape index (κ3) is 3.76. The van der Waals surface area contributed by atoms with Gasteiger partial charge in [-0.05, 0) is 34.9 Å². The Hall–Kier alpha value is -2.66. The number of anilines is 1. The predicted octanol–water partition coefficient (Wildman–Crippen LogP) is 3.88. The lowest BCUT2D eigenvalue weighted by Crippen LogP contribution is -2.15. The first-order valence-corrected chi connectivity index (χ1v) is 7.43. The van der Waals surface area contributed by atoms with Crippen molar-refractivity contribution in [2.75, 3.05) is 5.32 Å². The van der Waals surface area contributed by atoms with Gasteiger partial charge in [0.15, 0.2) is 5.69 Å². The standard InChI is InChI=1S/C17H14ClN3O2/c1-11-2-6-13(7-3-11)16-17(21-23-20-16)19-15(22)10-12-4-8-14(18)9-5-12/h2-9H,10H2,1H3,(H,19,21,22). The molecule has 116 valence electrons. The Balaban J connectivity index is 1.73. The number of aryl methyl sites for hydroxylation is 1. The number of aromatic nitrogens is 2. The highest BCUT2D eigenvalue weighted by molar-refractivity contribution is 6.30. The van der Waals surface area contributed by atoms with Gasteiger partial charge in [-0.2, -0.15) is 0 Å². The molecule has 0 saturated carbocycles. The molecule has 0 unspecified atom stereocenters. The molecule has 0 bridgehead atoms. The summed E-state index contributed by atoms with van der Waals surface area (Å²) in [5.74, 6) is 0.115. The second kappa shape index (κ2) is 6.62. The number of carbonyl (C=O) groups excluding carboxylic acids is 1. The quantitative estimate of drug-likeness (QED) is 0.789. The van der Waals surface area contributed by atoms with Crippen molar-refractivity contribution in [3.05, 3.63) is 64.7 Å². The predicted molar refractivity (Wildman–Crippen MR) is 88.3 cm³/mol. The molecule has 0 spiro atoms. The minimum atomic E-state index is -0.198. The third-order valence-electron chi connectivity index (χ3n) is 3.35. The Bertz CT molecular complexity index is 811. The fourth-order valence-electron chi connectivity index (χ4n) is 2.14. The number of nitrogens with zero attached hydrogens (tertiary/aromatic N) is 2. The van der Waals surface area contributed by atoms with Crippen LogP contribution in [-0.2, 0) is 11.2 Å². The summed E-state index contributed by atoms with van der Waals surface area (Å²) in [6.45, 7) is 2.00. The molecule has 0 aliphatic heterocycles. The number of carbonyl (C=O) groups is 1. The van der Waals surface area contributed by atoms with E-state index in [4.69, 9.17) is 16.2 Å². The van der Waals surface area contributed by atoms with E-state index in [2.05, 4.69) is 15.6 Å². The van der Waals surface area contributed by atoms with Crippen LogP contribution < -0.4 is 5.32 Å². The zero-order valence-corrected chi connectivity index (χ0v) is 13.2. The Morgan fingerprint density at radius 3 is 2.48 bits per heavy atom. The summed E-state index contributed by atoms with van der Waals surface area (Å²) < 4.78 is 4.76. The van der Waals surface area contributed by atoms with Gasteiger partial charge < -0.3 is 5.32 Å². The molecule has 3 rings (SSSR count). The average molecular weight is 328 g/mol. The SMILES string of the molecule is Cc1ccc(-c2nonc2NC(=O)Cc2ccc(Cl)cc2)cc1. The van der Waals surface area contributed by atoms with Crippen LogP contribution in [0.2, 0.25) is 5.02 Å². The van der Waals surface area contributed by atoms with E-state index in [0.717, 1.165) is 16.7 Å². The van der Waals surface area contributed by atoms with Gasteiger partial charge in [0, 0.05) is 10.6 Å². The lowest BCUT2D eigenvalue weighted by molar-refractivity contribution is -0.115. The normalized spacial score (nSPS) is 10.5. The van der Waals surface area contributed by atoms with Crippen LogP contribution in [0.3, 0.4) is 0 Å². The molecule has 1 amide bonds. The molecule has 0 fully saturated rings. The smallest absolute Gasteiger partial charge is 0.230 e. The minimum Gasteiger partial charge on any atom is -0.306 e. The molecule has 0 atom stereocenters. The van der Waals surface area contributed by atoms with E-state index in [1.54, 1.807) is 12.1 Å². The van der Waals surface area contributed by atoms with Crippen LogP contribution in [0, 0.1) is 6.92 Å². The van der Waals surface area contributed by atoms with Crippen LogP contribution in [0.5, 0.6) is 0 Å². The van der Waals surface area contributed by atoms with Crippen LogP contribution in [0.15, 0.2) is 53.2 Å². The van der Waals surface area contributed by atoms with Gasteiger partial charge in [-0.1, -0.05) is 53.6 Å². The van der Waals surface area contributed by atoms with Crippen molar-refractivity contribution in [1.82, 2.24) is 10.3 Å². The number of benzene rings is 2. The van der Waals surface area contributed by atoms with Gasteiger partial charge in [-0.15, -0.1) is 0 Å². The van der Waals surface area contributed by atoms with Crippen LogP contribution in [0.1, 0.15) is 11.1 Å². The van der Waals surface area contributed by atoms with Gasteiger partial charge in [0.2, 0.25) is 11.7 Å². The van der Waals surface area contributed by atoms with Crippen molar-refractivity contribution in [3.63, 3.8) is 0 Å². The highest BCUT2D eigenvalue weighted by atomic mass is 35.5. The lowest BCUT2D eigenvalue weighted by atomic mass is 10.1. The Labute approximate surface area is 138 Å². The zero-order valence-electron chi connectivity index (χ0n) is 12.4. The number of amides is 1. The van der Waals surface area contributed by atoms with E-state index in [1.807, 2.05) is 43.3 Å². The Morgan fingerprint density at radius 1 is 1.09 bits per heavy atom. The molecular weight excluding hydrogens is 314 g/mol. The highest BCUT2D eigenvalue weighted by Crippen LogP contribution is 2.24. The van der Waals surface area contributed by atoms with Gasteiger partial charge in [0.1, 0.15) is 0 Å². The Morgan fingerprint density at radius 2 is 1.78 bits per heavy atom. The summed E-state index contributed by atoms with van der Waals surface area (Å²) in [6.07, 6.45) is 0.220. The molecule has 0 aliphatic carbocycles. The summed E-state index contributed by atoms with van der Waals surface area (Å²) in [5, 5.41) is 11.0. The van der Waals surface area contributed by atoms with Crippen LogP contribution in [-0.4, -0.2) is 16.2 Å². The van der Waals surface area contributed by atoms with Crippen molar-refractivity contribution in [1.29, 1.82) is 0 Å². The van der Waals surface area contributed by atoms with Gasteiger partial charge >= 0.3 is 0 Å². The Kier molecular flexibility index (Phi) is 4.39. The largest absolute Gasteiger partial charge is 0.306 e. The summed E-state index contributed by atoms with van der Waals surface area (Å²) in [7, 11) is 0. The highest BCUT2D eigenvalue weighted by Gasteiger charge is 2.15. The second-order valence-corrected chi connectivity index (χ2v) is 5.62. The molecule has 0 aliphatic rings. The number of nitrogens with one attached hydrogen (secondary N) is 1. The van der Waals surface area contributed by atoms with Gasteiger partial charge in [0.05, 0.1) is 6.42 Å². The van der Waals surface area contributed by atoms with Crippen molar-refractivity contribution in [3.8, 4) is 11.3 Å². The second-order valence-electron chi connectivity index (χ2n) is 5.18. The molecule has 1 N–H and O–H groups in total. The lowest BCUT2D eigenvalue weighted by Gasteiger charge is -2.04. The van der Waals surface area contributed by atoms with E-state index in [1.165, 1.54) is 0 Å². The van der Waals surface area contributed by atoms with Crippen LogP contribution in [0.25, 0.3) is 11.3 Å². The van der Waals surface area contributed by atoms with E-state index in [-0.39, 0.29) is 12.3 Å². The molecule has 6 heteroatoms. The first-order chi connectivity index (χ1) is 11.1. The first kappa shape index (κ1) is 15.2. The maximum absolute atomic E-state index is 12.1. The molecule has 1 heterocycles. The monoisotopic (exact) mass is 327 g/mol. The topological polar surface area (TPSA) is 68.0 Å². The molecule has 2 aromatic carbocycles. The van der Waals surface area contributed by atoms with Crippen molar-refractivity contribution < 1.29 is 9.42 Å². The summed E-state index contributed by atoms with van der Waals surface area (Å²) in [5.41, 5.74) is 3.34. The first-order valence-electron chi connectivity index (χ1n) is 7.06. The molecule has 1 aromatic heterocycles. The van der Waals surface area contributed by atoms with Gasteiger partial charge in [-0.25, -0.2) is 4.63 Å². The molecule has 5 nitrogen and oxygen atoms in total. The maximum atomic E-state index is 12.1. The number of hydrogen-bond acceptors (Lipinski definition) is 4. The van der Waals surface area contributed by atoms with E-state index in [0.29, 0.717) is 16.5 Å². The molecule has 23 heavy (non-hydrogen) atoms. The van der Waals surface area contributed by atoms with E-state index in [9.17, 15) is 4.79 Å². The third-order valence-corrected chi connectivity index (χ3v) is 3.60. The van der Waals surface area contributed by atoms with Crippen molar-refractivity contribution in [2.45, 2.75) is 13.3 Å². The summed E-state index contributed by atoms with van der Waals surface area (Å²) in [6, 6.07) is 14.9. The molecule has 0 saturated heterocycles. The van der Waals surface area contributed by atoms with E-state index >= 15 is 0 Å².